The number of benzene rings is 2. The SMILES string of the molecule is Cc1cc2cc(F)ccc2n1S(=O)(=O)c1ccc(Nc2ccccn2)cc1. The summed E-state index contributed by atoms with van der Waals surface area (Å²) in [7, 11) is -3.80. The molecule has 0 bridgehead atoms. The summed E-state index contributed by atoms with van der Waals surface area (Å²) < 4.78 is 40.9. The van der Waals surface area contributed by atoms with Crippen LogP contribution >= 0.6 is 0 Å². The van der Waals surface area contributed by atoms with E-state index in [0.717, 1.165) is 5.69 Å². The topological polar surface area (TPSA) is 64.0 Å². The second-order valence-corrected chi connectivity index (χ2v) is 7.91. The zero-order valence-corrected chi connectivity index (χ0v) is 15.2. The molecule has 0 aliphatic carbocycles. The lowest BCUT2D eigenvalue weighted by Gasteiger charge is -2.11. The third kappa shape index (κ3) is 3.17. The van der Waals surface area contributed by atoms with Gasteiger partial charge in [-0.3, -0.25) is 0 Å². The highest BCUT2D eigenvalue weighted by Gasteiger charge is 2.21. The van der Waals surface area contributed by atoms with Crippen molar-refractivity contribution in [2.24, 2.45) is 0 Å². The molecule has 2 aromatic heterocycles. The van der Waals surface area contributed by atoms with Crippen LogP contribution in [0.3, 0.4) is 0 Å². The molecule has 7 heteroatoms. The zero-order valence-electron chi connectivity index (χ0n) is 14.4. The van der Waals surface area contributed by atoms with Crippen LogP contribution in [0.1, 0.15) is 5.69 Å². The van der Waals surface area contributed by atoms with Gasteiger partial charge in [-0.25, -0.2) is 21.8 Å². The van der Waals surface area contributed by atoms with E-state index in [4.69, 9.17) is 0 Å². The third-order valence-electron chi connectivity index (χ3n) is 4.22. The third-order valence-corrected chi connectivity index (χ3v) is 6.06. The number of fused-ring (bicyclic) bond motifs is 1. The number of hydrogen-bond acceptors (Lipinski definition) is 4. The van der Waals surface area contributed by atoms with Crippen LogP contribution in [-0.4, -0.2) is 17.4 Å². The lowest BCUT2D eigenvalue weighted by molar-refractivity contribution is 0.588. The van der Waals surface area contributed by atoms with Crippen molar-refractivity contribution < 1.29 is 12.8 Å². The molecular weight excluding hydrogens is 365 g/mol. The fourth-order valence-corrected chi connectivity index (χ4v) is 4.57. The van der Waals surface area contributed by atoms with Crippen molar-refractivity contribution in [3.63, 3.8) is 0 Å². The van der Waals surface area contributed by atoms with E-state index >= 15 is 0 Å². The maximum Gasteiger partial charge on any atom is 0.268 e. The van der Waals surface area contributed by atoms with Gasteiger partial charge in [-0.2, -0.15) is 0 Å². The number of hydrogen-bond donors (Lipinski definition) is 1. The first-order valence-electron chi connectivity index (χ1n) is 8.26. The monoisotopic (exact) mass is 381 g/mol. The Labute approximate surface area is 156 Å². The van der Waals surface area contributed by atoms with Gasteiger partial charge < -0.3 is 5.32 Å². The molecule has 27 heavy (non-hydrogen) atoms. The molecule has 5 nitrogen and oxygen atoms in total. The van der Waals surface area contributed by atoms with E-state index in [2.05, 4.69) is 10.3 Å². The molecule has 0 radical (unpaired) electrons. The van der Waals surface area contributed by atoms with Gasteiger partial charge in [-0.1, -0.05) is 6.07 Å². The predicted molar refractivity (Wildman–Crippen MR) is 103 cm³/mol. The van der Waals surface area contributed by atoms with Crippen molar-refractivity contribution in [3.05, 3.63) is 84.4 Å². The van der Waals surface area contributed by atoms with Crippen LogP contribution in [0.2, 0.25) is 0 Å². The first-order chi connectivity index (χ1) is 12.9. The van der Waals surface area contributed by atoms with Gasteiger partial charge in [-0.15, -0.1) is 0 Å². The van der Waals surface area contributed by atoms with E-state index in [9.17, 15) is 12.8 Å². The number of rotatable bonds is 4. The van der Waals surface area contributed by atoms with Crippen molar-refractivity contribution in [1.29, 1.82) is 0 Å². The van der Waals surface area contributed by atoms with Crippen LogP contribution in [0, 0.1) is 12.7 Å². The highest BCUT2D eigenvalue weighted by molar-refractivity contribution is 7.90. The number of nitrogens with one attached hydrogen (secondary N) is 1. The van der Waals surface area contributed by atoms with E-state index < -0.39 is 15.8 Å². The molecular formula is C20H16FN3O2S. The first-order valence-corrected chi connectivity index (χ1v) is 9.70. The molecule has 4 aromatic rings. The Morgan fingerprint density at radius 1 is 1.00 bits per heavy atom. The fourth-order valence-electron chi connectivity index (χ4n) is 3.02. The van der Waals surface area contributed by atoms with Crippen LogP contribution in [0.5, 0.6) is 0 Å². The van der Waals surface area contributed by atoms with E-state index in [1.54, 1.807) is 31.3 Å². The lowest BCUT2D eigenvalue weighted by atomic mass is 10.2. The molecule has 0 unspecified atom stereocenters. The number of nitrogens with zero attached hydrogens (tertiary/aromatic N) is 2. The average molecular weight is 381 g/mol. The second-order valence-electron chi connectivity index (χ2n) is 6.12. The summed E-state index contributed by atoms with van der Waals surface area (Å²) in [5.41, 5.74) is 1.69. The van der Waals surface area contributed by atoms with Crippen LogP contribution in [0.15, 0.2) is 77.8 Å². The van der Waals surface area contributed by atoms with E-state index in [-0.39, 0.29) is 4.90 Å². The quantitative estimate of drug-likeness (QED) is 0.567. The summed E-state index contributed by atoms with van der Waals surface area (Å²) in [6, 6.07) is 17.7. The molecule has 2 heterocycles. The number of anilines is 2. The van der Waals surface area contributed by atoms with Crippen LogP contribution in [0.4, 0.5) is 15.9 Å². The summed E-state index contributed by atoms with van der Waals surface area (Å²) in [5, 5.41) is 3.66. The van der Waals surface area contributed by atoms with Gasteiger partial charge in [0.15, 0.2) is 0 Å². The van der Waals surface area contributed by atoms with Gasteiger partial charge in [0, 0.05) is 23.0 Å². The molecule has 0 aliphatic rings. The molecule has 0 aliphatic heterocycles. The van der Waals surface area contributed by atoms with E-state index in [1.165, 1.54) is 34.3 Å². The molecule has 0 fully saturated rings. The molecule has 0 saturated heterocycles. The molecule has 0 spiro atoms. The number of pyridine rings is 1. The summed E-state index contributed by atoms with van der Waals surface area (Å²) in [4.78, 5) is 4.33. The van der Waals surface area contributed by atoms with Gasteiger partial charge in [-0.05, 0) is 67.6 Å². The van der Waals surface area contributed by atoms with Gasteiger partial charge >= 0.3 is 0 Å². The van der Waals surface area contributed by atoms with Crippen molar-refractivity contribution in [1.82, 2.24) is 8.96 Å². The highest BCUT2D eigenvalue weighted by Crippen LogP contribution is 2.27. The Hall–Kier alpha value is -3.19. The first kappa shape index (κ1) is 17.2. The summed E-state index contributed by atoms with van der Waals surface area (Å²) in [6.07, 6.45) is 1.67. The van der Waals surface area contributed by atoms with E-state index in [1.807, 2.05) is 18.2 Å². The molecule has 136 valence electrons. The summed E-state index contributed by atoms with van der Waals surface area (Å²) in [6.45, 7) is 1.69. The highest BCUT2D eigenvalue weighted by atomic mass is 32.2. The second kappa shape index (κ2) is 6.51. The van der Waals surface area contributed by atoms with Crippen molar-refractivity contribution in [3.8, 4) is 0 Å². The summed E-state index contributed by atoms with van der Waals surface area (Å²) >= 11 is 0. The van der Waals surface area contributed by atoms with Crippen molar-refractivity contribution >= 4 is 32.4 Å². The van der Waals surface area contributed by atoms with Gasteiger partial charge in [0.2, 0.25) is 0 Å². The minimum absolute atomic E-state index is 0.152. The van der Waals surface area contributed by atoms with Crippen LogP contribution < -0.4 is 5.32 Å². The zero-order chi connectivity index (χ0) is 19.0. The van der Waals surface area contributed by atoms with E-state index in [0.29, 0.717) is 22.4 Å². The Balaban J connectivity index is 1.71. The fraction of sp³-hybridized carbons (Fsp3) is 0.0500. The van der Waals surface area contributed by atoms with Gasteiger partial charge in [0.1, 0.15) is 11.6 Å². The maximum atomic E-state index is 13.4. The number of aromatic nitrogens is 2. The lowest BCUT2D eigenvalue weighted by Crippen LogP contribution is -2.14. The Kier molecular flexibility index (Phi) is 4.16. The Morgan fingerprint density at radius 2 is 1.78 bits per heavy atom. The minimum atomic E-state index is -3.80. The molecule has 0 atom stereocenters. The molecule has 4 rings (SSSR count). The smallest absolute Gasteiger partial charge is 0.268 e. The molecule has 0 saturated carbocycles. The number of halogens is 1. The van der Waals surface area contributed by atoms with Gasteiger partial charge in [0.05, 0.1) is 10.4 Å². The summed E-state index contributed by atoms with van der Waals surface area (Å²) in [5.74, 6) is 0.268. The van der Waals surface area contributed by atoms with Crippen LogP contribution in [-0.2, 0) is 10.0 Å². The van der Waals surface area contributed by atoms with Crippen molar-refractivity contribution in [2.45, 2.75) is 11.8 Å². The Morgan fingerprint density at radius 3 is 2.48 bits per heavy atom. The number of aryl methyl sites for hydroxylation is 1. The predicted octanol–water partition coefficient (Wildman–Crippen LogP) is 4.46. The molecule has 2 aromatic carbocycles. The van der Waals surface area contributed by atoms with Gasteiger partial charge in [0.25, 0.3) is 10.0 Å². The Bertz CT molecular complexity index is 1220. The average Bonchev–Trinajstić information content (AvgIpc) is 2.98. The minimum Gasteiger partial charge on any atom is -0.340 e. The van der Waals surface area contributed by atoms with Crippen molar-refractivity contribution in [2.75, 3.05) is 5.32 Å². The molecule has 0 amide bonds. The standard InChI is InChI=1S/C20H16FN3O2S/c1-14-12-15-13-16(21)5-10-19(15)24(14)27(25,26)18-8-6-17(7-9-18)23-20-4-2-3-11-22-20/h2-13H,1H3,(H,22,23). The largest absolute Gasteiger partial charge is 0.340 e. The maximum absolute atomic E-state index is 13.4. The normalized spacial score (nSPS) is 11.6. The van der Waals surface area contributed by atoms with Crippen LogP contribution in [0.25, 0.3) is 10.9 Å². The molecule has 1 N–H and O–H groups in total.